The average Bonchev–Trinajstić information content (AvgIpc) is 2.71. The monoisotopic (exact) mass is 188 g/mol. The van der Waals surface area contributed by atoms with E-state index in [0.717, 1.165) is 11.4 Å². The zero-order valence-electron chi connectivity index (χ0n) is 8.25. The van der Waals surface area contributed by atoms with Gasteiger partial charge in [0, 0.05) is 5.69 Å². The number of hydrogen-bond acceptors (Lipinski definition) is 3. The Morgan fingerprint density at radius 3 is 2.64 bits per heavy atom. The molecule has 2 rings (SSSR count). The molecule has 14 heavy (non-hydrogen) atoms. The first-order valence-corrected chi connectivity index (χ1v) is 4.58. The third kappa shape index (κ3) is 1.64. The third-order valence-corrected chi connectivity index (χ3v) is 2.05. The van der Waals surface area contributed by atoms with E-state index in [1.54, 1.807) is 11.0 Å². The van der Waals surface area contributed by atoms with Gasteiger partial charge in [0.05, 0.1) is 11.9 Å². The maximum atomic E-state index is 4.35. The van der Waals surface area contributed by atoms with E-state index in [9.17, 15) is 0 Å². The van der Waals surface area contributed by atoms with Gasteiger partial charge < -0.3 is 0 Å². The molecule has 2 aromatic rings. The van der Waals surface area contributed by atoms with Gasteiger partial charge in [-0.2, -0.15) is 5.10 Å². The van der Waals surface area contributed by atoms with Gasteiger partial charge in [-0.3, -0.25) is 4.98 Å². The maximum absolute atomic E-state index is 4.35. The van der Waals surface area contributed by atoms with E-state index < -0.39 is 0 Å². The van der Waals surface area contributed by atoms with Crippen molar-refractivity contribution < 1.29 is 0 Å². The fourth-order valence-electron chi connectivity index (χ4n) is 1.22. The Bertz CT molecular complexity index is 389. The highest BCUT2D eigenvalue weighted by Crippen LogP contribution is 2.12. The molecule has 0 unspecified atom stereocenters. The molecule has 0 aromatic carbocycles. The van der Waals surface area contributed by atoms with Crippen molar-refractivity contribution in [1.29, 1.82) is 0 Å². The molecule has 0 atom stereocenters. The van der Waals surface area contributed by atoms with Crippen LogP contribution < -0.4 is 0 Å². The van der Waals surface area contributed by atoms with Crippen LogP contribution in [-0.2, 0) is 0 Å². The summed E-state index contributed by atoms with van der Waals surface area (Å²) >= 11 is 0. The van der Waals surface area contributed by atoms with Gasteiger partial charge >= 0.3 is 0 Å². The molecule has 0 amide bonds. The predicted molar refractivity (Wildman–Crippen MR) is 53.2 cm³/mol. The van der Waals surface area contributed by atoms with Crippen molar-refractivity contribution in [2.24, 2.45) is 0 Å². The number of hydrogen-bond donors (Lipinski definition) is 0. The molecule has 2 heterocycles. The molecule has 0 bridgehead atoms. The number of pyridine rings is 1. The molecule has 0 aliphatic carbocycles. The molecular weight excluding hydrogens is 176 g/mol. The van der Waals surface area contributed by atoms with E-state index in [0.29, 0.717) is 5.92 Å². The smallest absolute Gasteiger partial charge is 0.138 e. The second-order valence-corrected chi connectivity index (χ2v) is 3.44. The first kappa shape index (κ1) is 8.87. The van der Waals surface area contributed by atoms with Gasteiger partial charge in [0.2, 0.25) is 0 Å². The lowest BCUT2D eigenvalue weighted by molar-refractivity contribution is 0.810. The Labute approximate surface area is 82.6 Å². The Morgan fingerprint density at radius 1 is 1.29 bits per heavy atom. The van der Waals surface area contributed by atoms with E-state index in [1.807, 2.05) is 18.3 Å². The lowest BCUT2D eigenvalue weighted by Crippen LogP contribution is -1.97. The minimum Gasteiger partial charge on any atom is -0.259 e. The van der Waals surface area contributed by atoms with Crippen molar-refractivity contribution in [2.45, 2.75) is 19.8 Å². The fraction of sp³-hybridized carbons (Fsp3) is 0.300. The van der Waals surface area contributed by atoms with Crippen LogP contribution in [0.2, 0.25) is 0 Å². The van der Waals surface area contributed by atoms with Crippen LogP contribution in [0.1, 0.15) is 25.5 Å². The van der Waals surface area contributed by atoms with Crippen molar-refractivity contribution in [3.63, 3.8) is 0 Å². The Morgan fingerprint density at radius 2 is 2.14 bits per heavy atom. The van der Waals surface area contributed by atoms with Crippen molar-refractivity contribution in [2.75, 3.05) is 0 Å². The second-order valence-electron chi connectivity index (χ2n) is 3.44. The third-order valence-electron chi connectivity index (χ3n) is 2.05. The van der Waals surface area contributed by atoms with Crippen LogP contribution >= 0.6 is 0 Å². The van der Waals surface area contributed by atoms with Crippen molar-refractivity contribution in [1.82, 2.24) is 19.7 Å². The van der Waals surface area contributed by atoms with Gasteiger partial charge in [0.1, 0.15) is 12.7 Å². The number of aromatic nitrogens is 4. The van der Waals surface area contributed by atoms with Crippen LogP contribution in [0.15, 0.2) is 31.0 Å². The van der Waals surface area contributed by atoms with Gasteiger partial charge in [-0.25, -0.2) is 9.67 Å². The van der Waals surface area contributed by atoms with Crippen LogP contribution in [0.4, 0.5) is 0 Å². The highest BCUT2D eigenvalue weighted by molar-refractivity contribution is 5.28. The topological polar surface area (TPSA) is 43.6 Å². The van der Waals surface area contributed by atoms with Gasteiger partial charge in [-0.15, -0.1) is 0 Å². The van der Waals surface area contributed by atoms with Crippen LogP contribution in [0, 0.1) is 0 Å². The first-order chi connectivity index (χ1) is 6.77. The quantitative estimate of drug-likeness (QED) is 0.721. The zero-order valence-corrected chi connectivity index (χ0v) is 8.25. The summed E-state index contributed by atoms with van der Waals surface area (Å²) in [5, 5.41) is 4.03. The average molecular weight is 188 g/mol. The summed E-state index contributed by atoms with van der Waals surface area (Å²) in [6.07, 6.45) is 4.98. The summed E-state index contributed by atoms with van der Waals surface area (Å²) in [4.78, 5) is 8.23. The molecule has 0 radical (unpaired) electrons. The fourth-order valence-corrected chi connectivity index (χ4v) is 1.22. The highest BCUT2D eigenvalue weighted by atomic mass is 15.3. The van der Waals surface area contributed by atoms with E-state index in [1.165, 1.54) is 6.33 Å². The van der Waals surface area contributed by atoms with Crippen molar-refractivity contribution in [3.8, 4) is 5.69 Å². The second kappa shape index (κ2) is 3.57. The van der Waals surface area contributed by atoms with Gasteiger partial charge in [0.15, 0.2) is 0 Å². The molecule has 0 N–H and O–H groups in total. The Hall–Kier alpha value is -1.71. The lowest BCUT2D eigenvalue weighted by Gasteiger charge is -2.04. The van der Waals surface area contributed by atoms with Crippen LogP contribution in [-0.4, -0.2) is 19.7 Å². The molecule has 0 spiro atoms. The molecule has 2 aromatic heterocycles. The Balaban J connectivity index is 2.31. The zero-order chi connectivity index (χ0) is 9.97. The molecule has 0 saturated carbocycles. The normalized spacial score (nSPS) is 10.8. The van der Waals surface area contributed by atoms with Crippen LogP contribution in [0.25, 0.3) is 5.69 Å². The summed E-state index contributed by atoms with van der Waals surface area (Å²) in [6.45, 7) is 4.24. The lowest BCUT2D eigenvalue weighted by atomic mass is 10.1. The summed E-state index contributed by atoms with van der Waals surface area (Å²) in [6, 6.07) is 4.01. The minimum atomic E-state index is 0.458. The van der Waals surface area contributed by atoms with Crippen LogP contribution in [0.3, 0.4) is 0 Å². The van der Waals surface area contributed by atoms with Gasteiger partial charge in [-0.1, -0.05) is 13.8 Å². The largest absolute Gasteiger partial charge is 0.259 e. The molecule has 4 nitrogen and oxygen atoms in total. The maximum Gasteiger partial charge on any atom is 0.138 e. The summed E-state index contributed by atoms with van der Waals surface area (Å²) in [5.74, 6) is 0.458. The predicted octanol–water partition coefficient (Wildman–Crippen LogP) is 1.79. The van der Waals surface area contributed by atoms with Gasteiger partial charge in [-0.05, 0) is 18.1 Å². The standard InChI is InChI=1S/C10H12N4/c1-8(2)10-4-3-9(5-12-10)14-7-11-6-13-14/h3-8H,1-2H3. The molecule has 72 valence electrons. The minimum absolute atomic E-state index is 0.458. The first-order valence-electron chi connectivity index (χ1n) is 4.58. The molecule has 0 fully saturated rings. The summed E-state index contributed by atoms with van der Waals surface area (Å²) in [5.41, 5.74) is 2.03. The number of nitrogens with zero attached hydrogens (tertiary/aromatic N) is 4. The molecule has 0 aliphatic rings. The Kier molecular flexibility index (Phi) is 2.26. The molecule has 0 aliphatic heterocycles. The summed E-state index contributed by atoms with van der Waals surface area (Å²) in [7, 11) is 0. The van der Waals surface area contributed by atoms with E-state index >= 15 is 0 Å². The molecule has 4 heteroatoms. The van der Waals surface area contributed by atoms with Gasteiger partial charge in [0.25, 0.3) is 0 Å². The SMILES string of the molecule is CC(C)c1ccc(-n2cncn2)cn1. The summed E-state index contributed by atoms with van der Waals surface area (Å²) < 4.78 is 1.69. The van der Waals surface area contributed by atoms with E-state index in [4.69, 9.17) is 0 Å². The highest BCUT2D eigenvalue weighted by Gasteiger charge is 2.01. The van der Waals surface area contributed by atoms with Crippen molar-refractivity contribution >= 4 is 0 Å². The molecule has 0 saturated heterocycles. The van der Waals surface area contributed by atoms with E-state index in [2.05, 4.69) is 28.9 Å². The number of rotatable bonds is 2. The van der Waals surface area contributed by atoms with E-state index in [-0.39, 0.29) is 0 Å². The van der Waals surface area contributed by atoms with Crippen LogP contribution in [0.5, 0.6) is 0 Å². The molecular formula is C10H12N4. The van der Waals surface area contributed by atoms with Crippen molar-refractivity contribution in [3.05, 3.63) is 36.7 Å².